The second-order valence-corrected chi connectivity index (χ2v) is 5.13. The number of halogens is 1. The summed E-state index contributed by atoms with van der Waals surface area (Å²) in [5.74, 6) is 5.32. The van der Waals surface area contributed by atoms with Gasteiger partial charge < -0.3 is 5.73 Å². The third kappa shape index (κ3) is 3.15. The van der Waals surface area contributed by atoms with Crippen LogP contribution in [0.3, 0.4) is 0 Å². The number of rotatable bonds is 4. The van der Waals surface area contributed by atoms with E-state index in [0.29, 0.717) is 17.7 Å². The van der Waals surface area contributed by atoms with Gasteiger partial charge in [-0.1, -0.05) is 23.8 Å². The molecule has 0 bridgehead atoms. The molecule has 1 atom stereocenters. The number of nitrogens with one attached hydrogen (secondary N) is 1. The minimum Gasteiger partial charge on any atom is -0.398 e. The Balaban J connectivity index is 2.33. The number of aryl methyl sites for hydroxylation is 2. The Labute approximate surface area is 118 Å². The summed E-state index contributed by atoms with van der Waals surface area (Å²) in [5, 5.41) is 0. The highest BCUT2D eigenvalue weighted by Crippen LogP contribution is 2.25. The van der Waals surface area contributed by atoms with Crippen LogP contribution in [0.15, 0.2) is 36.4 Å². The molecule has 1 unspecified atom stereocenters. The average molecular weight is 273 g/mol. The SMILES string of the molecule is Cc1ccc(C)c(CC(NN)c2cc(F)ccc2N)c1. The topological polar surface area (TPSA) is 64.1 Å². The van der Waals surface area contributed by atoms with Crippen molar-refractivity contribution in [1.29, 1.82) is 0 Å². The molecule has 2 aromatic carbocycles. The lowest BCUT2D eigenvalue weighted by atomic mass is 9.94. The van der Waals surface area contributed by atoms with Crippen LogP contribution in [-0.2, 0) is 6.42 Å². The summed E-state index contributed by atoms with van der Waals surface area (Å²) >= 11 is 0. The highest BCUT2D eigenvalue weighted by atomic mass is 19.1. The third-order valence-electron chi connectivity index (χ3n) is 3.55. The minimum absolute atomic E-state index is 0.216. The summed E-state index contributed by atoms with van der Waals surface area (Å²) in [6.07, 6.45) is 0.664. The first-order chi connectivity index (χ1) is 9.51. The number of hydrazine groups is 1. The number of hydrogen-bond acceptors (Lipinski definition) is 3. The maximum Gasteiger partial charge on any atom is 0.123 e. The van der Waals surface area contributed by atoms with E-state index in [1.807, 2.05) is 6.92 Å². The maximum atomic E-state index is 13.4. The lowest BCUT2D eigenvalue weighted by Gasteiger charge is -2.20. The summed E-state index contributed by atoms with van der Waals surface area (Å²) in [5.41, 5.74) is 13.4. The normalized spacial score (nSPS) is 12.4. The second kappa shape index (κ2) is 6.03. The molecule has 4 heteroatoms. The Bertz CT molecular complexity index is 611. The van der Waals surface area contributed by atoms with E-state index in [9.17, 15) is 4.39 Å². The monoisotopic (exact) mass is 273 g/mol. The van der Waals surface area contributed by atoms with Gasteiger partial charge in [-0.25, -0.2) is 4.39 Å². The van der Waals surface area contributed by atoms with Gasteiger partial charge in [-0.15, -0.1) is 0 Å². The second-order valence-electron chi connectivity index (χ2n) is 5.13. The van der Waals surface area contributed by atoms with Crippen LogP contribution in [0.25, 0.3) is 0 Å². The Kier molecular flexibility index (Phi) is 4.37. The summed E-state index contributed by atoms with van der Waals surface area (Å²) in [7, 11) is 0. The van der Waals surface area contributed by atoms with Crippen LogP contribution in [0.4, 0.5) is 10.1 Å². The van der Waals surface area contributed by atoms with Crippen molar-refractivity contribution in [3.63, 3.8) is 0 Å². The van der Waals surface area contributed by atoms with Crippen LogP contribution in [0.2, 0.25) is 0 Å². The number of nitrogen functional groups attached to an aromatic ring is 1. The summed E-state index contributed by atoms with van der Waals surface area (Å²) in [6, 6.07) is 10.4. The van der Waals surface area contributed by atoms with E-state index in [2.05, 4.69) is 30.5 Å². The smallest absolute Gasteiger partial charge is 0.123 e. The summed E-state index contributed by atoms with van der Waals surface area (Å²) < 4.78 is 13.4. The Morgan fingerprint density at radius 2 is 1.90 bits per heavy atom. The van der Waals surface area contributed by atoms with Gasteiger partial charge in [0.05, 0.1) is 6.04 Å². The van der Waals surface area contributed by atoms with E-state index < -0.39 is 0 Å². The third-order valence-corrected chi connectivity index (χ3v) is 3.55. The van der Waals surface area contributed by atoms with Gasteiger partial charge in [-0.05, 0) is 55.2 Å². The van der Waals surface area contributed by atoms with E-state index in [-0.39, 0.29) is 11.9 Å². The molecule has 0 amide bonds. The largest absolute Gasteiger partial charge is 0.398 e. The van der Waals surface area contributed by atoms with E-state index in [4.69, 9.17) is 11.6 Å². The van der Waals surface area contributed by atoms with Crippen LogP contribution >= 0.6 is 0 Å². The molecule has 3 nitrogen and oxygen atoms in total. The van der Waals surface area contributed by atoms with Gasteiger partial charge in [0, 0.05) is 5.69 Å². The van der Waals surface area contributed by atoms with E-state index in [1.54, 1.807) is 6.07 Å². The van der Waals surface area contributed by atoms with E-state index >= 15 is 0 Å². The number of anilines is 1. The molecule has 106 valence electrons. The predicted molar refractivity (Wildman–Crippen MR) is 80.5 cm³/mol. The van der Waals surface area contributed by atoms with Crippen LogP contribution in [0, 0.1) is 19.7 Å². The molecule has 0 fully saturated rings. The van der Waals surface area contributed by atoms with Crippen molar-refractivity contribution in [2.24, 2.45) is 5.84 Å². The standard InChI is InChI=1S/C16H20FN3/c1-10-3-4-11(2)12(7-10)8-16(20-19)14-9-13(17)5-6-15(14)18/h3-7,9,16,20H,8,18-19H2,1-2H3. The molecule has 20 heavy (non-hydrogen) atoms. The highest BCUT2D eigenvalue weighted by molar-refractivity contribution is 5.49. The molecule has 0 saturated carbocycles. The molecule has 2 rings (SSSR count). The molecular formula is C16H20FN3. The van der Waals surface area contributed by atoms with Gasteiger partial charge in [0.2, 0.25) is 0 Å². The number of hydrogen-bond donors (Lipinski definition) is 3. The first kappa shape index (κ1) is 14.5. The minimum atomic E-state index is -0.310. The quantitative estimate of drug-likeness (QED) is 0.456. The van der Waals surface area contributed by atoms with Gasteiger partial charge in [0.1, 0.15) is 5.82 Å². The zero-order valence-electron chi connectivity index (χ0n) is 11.8. The number of benzene rings is 2. The maximum absolute atomic E-state index is 13.4. The van der Waals surface area contributed by atoms with E-state index in [1.165, 1.54) is 28.8 Å². The summed E-state index contributed by atoms with van der Waals surface area (Å²) in [6.45, 7) is 4.10. The van der Waals surface area contributed by atoms with Crippen molar-refractivity contribution < 1.29 is 4.39 Å². The van der Waals surface area contributed by atoms with Crippen molar-refractivity contribution >= 4 is 5.69 Å². The van der Waals surface area contributed by atoms with Crippen molar-refractivity contribution in [3.8, 4) is 0 Å². The Morgan fingerprint density at radius 1 is 1.15 bits per heavy atom. The van der Waals surface area contributed by atoms with Gasteiger partial charge in [-0.2, -0.15) is 0 Å². The molecule has 0 aliphatic heterocycles. The van der Waals surface area contributed by atoms with E-state index in [0.717, 1.165) is 0 Å². The predicted octanol–water partition coefficient (Wildman–Crippen LogP) is 2.77. The zero-order chi connectivity index (χ0) is 14.7. The average Bonchev–Trinajstić information content (AvgIpc) is 2.42. The number of nitrogens with two attached hydrogens (primary N) is 2. The van der Waals surface area contributed by atoms with Gasteiger partial charge in [0.15, 0.2) is 0 Å². The Morgan fingerprint density at radius 3 is 2.60 bits per heavy atom. The van der Waals surface area contributed by atoms with Crippen LogP contribution in [-0.4, -0.2) is 0 Å². The van der Waals surface area contributed by atoms with Crippen molar-refractivity contribution in [2.75, 3.05) is 5.73 Å². The van der Waals surface area contributed by atoms with Gasteiger partial charge >= 0.3 is 0 Å². The lowest BCUT2D eigenvalue weighted by molar-refractivity contribution is 0.545. The fourth-order valence-corrected chi connectivity index (χ4v) is 2.35. The molecule has 0 aliphatic rings. The van der Waals surface area contributed by atoms with Crippen molar-refractivity contribution in [3.05, 3.63) is 64.5 Å². The zero-order valence-corrected chi connectivity index (χ0v) is 11.8. The van der Waals surface area contributed by atoms with Crippen molar-refractivity contribution in [2.45, 2.75) is 26.3 Å². The first-order valence-corrected chi connectivity index (χ1v) is 6.58. The van der Waals surface area contributed by atoms with Crippen LogP contribution in [0.1, 0.15) is 28.3 Å². The fraction of sp³-hybridized carbons (Fsp3) is 0.250. The van der Waals surface area contributed by atoms with Gasteiger partial charge in [-0.3, -0.25) is 11.3 Å². The Hall–Kier alpha value is -1.91. The van der Waals surface area contributed by atoms with Crippen LogP contribution in [0.5, 0.6) is 0 Å². The molecule has 0 radical (unpaired) electrons. The molecule has 0 saturated heterocycles. The molecule has 5 N–H and O–H groups in total. The first-order valence-electron chi connectivity index (χ1n) is 6.58. The fourth-order valence-electron chi connectivity index (χ4n) is 2.35. The van der Waals surface area contributed by atoms with Gasteiger partial charge in [0.25, 0.3) is 0 Å². The van der Waals surface area contributed by atoms with Crippen molar-refractivity contribution in [1.82, 2.24) is 5.43 Å². The molecule has 2 aromatic rings. The summed E-state index contributed by atoms with van der Waals surface area (Å²) in [4.78, 5) is 0. The molecular weight excluding hydrogens is 253 g/mol. The molecule has 0 heterocycles. The molecule has 0 aliphatic carbocycles. The lowest BCUT2D eigenvalue weighted by Crippen LogP contribution is -2.30. The molecule has 0 aromatic heterocycles. The van der Waals surface area contributed by atoms with Crippen LogP contribution < -0.4 is 17.0 Å². The highest BCUT2D eigenvalue weighted by Gasteiger charge is 2.15. The molecule has 0 spiro atoms.